The van der Waals surface area contributed by atoms with E-state index < -0.39 is 10.0 Å². The summed E-state index contributed by atoms with van der Waals surface area (Å²) in [6.45, 7) is 0.962. The fourth-order valence-electron chi connectivity index (χ4n) is 2.25. The van der Waals surface area contributed by atoms with Crippen LogP contribution in [0.1, 0.15) is 23.2 Å². The number of carbonyl (C=O) groups is 1. The highest BCUT2D eigenvalue weighted by Gasteiger charge is 2.26. The zero-order valence-corrected chi connectivity index (χ0v) is 14.5. The lowest BCUT2D eigenvalue weighted by atomic mass is 10.1. The average Bonchev–Trinajstić information content (AvgIpc) is 2.40. The third-order valence-electron chi connectivity index (χ3n) is 3.20. The van der Waals surface area contributed by atoms with Gasteiger partial charge in [0.05, 0.1) is 11.8 Å². The van der Waals surface area contributed by atoms with Crippen LogP contribution < -0.4 is 4.72 Å². The normalized spacial score (nSPS) is 17.0. The molecular weight excluding hydrogens is 382 g/mol. The topological polar surface area (TPSA) is 79.4 Å². The molecule has 2 heterocycles. The van der Waals surface area contributed by atoms with E-state index in [1.165, 1.54) is 6.20 Å². The number of hydrogen-bond donors (Lipinski definition) is 1. The molecule has 1 aromatic rings. The second-order valence-corrected chi connectivity index (χ2v) is 8.00. The fourth-order valence-corrected chi connectivity index (χ4v) is 3.60. The largest absolute Gasteiger partial charge is 0.338 e. The summed E-state index contributed by atoms with van der Waals surface area (Å²) >= 11 is 9.22. The highest BCUT2D eigenvalue weighted by Crippen LogP contribution is 2.21. The molecule has 6 nitrogen and oxygen atoms in total. The molecule has 1 saturated heterocycles. The van der Waals surface area contributed by atoms with Gasteiger partial charge in [-0.1, -0.05) is 11.6 Å². The average molecular weight is 397 g/mol. The summed E-state index contributed by atoms with van der Waals surface area (Å²) in [7, 11) is -3.22. The Kier molecular flexibility index (Phi) is 5.24. The molecule has 0 unspecified atom stereocenters. The molecule has 1 aromatic heterocycles. The van der Waals surface area contributed by atoms with Gasteiger partial charge in [-0.25, -0.2) is 18.1 Å². The molecule has 1 N–H and O–H groups in total. The first kappa shape index (κ1) is 16.7. The van der Waals surface area contributed by atoms with Crippen molar-refractivity contribution in [3.63, 3.8) is 0 Å². The molecule has 1 amide bonds. The molecule has 1 aliphatic rings. The van der Waals surface area contributed by atoms with E-state index in [9.17, 15) is 13.2 Å². The van der Waals surface area contributed by atoms with Crippen molar-refractivity contribution in [2.45, 2.75) is 18.9 Å². The molecule has 0 radical (unpaired) electrons. The number of piperidine rings is 1. The van der Waals surface area contributed by atoms with Gasteiger partial charge in [-0.15, -0.1) is 0 Å². The van der Waals surface area contributed by atoms with Crippen molar-refractivity contribution in [1.82, 2.24) is 14.6 Å². The van der Waals surface area contributed by atoms with E-state index in [-0.39, 0.29) is 17.1 Å². The number of aromatic nitrogens is 1. The lowest BCUT2D eigenvalue weighted by Crippen LogP contribution is -2.46. The minimum absolute atomic E-state index is 0.125. The predicted molar refractivity (Wildman–Crippen MR) is 83.9 cm³/mol. The number of rotatable bonds is 3. The van der Waals surface area contributed by atoms with E-state index in [2.05, 4.69) is 25.6 Å². The number of likely N-dealkylation sites (tertiary alicyclic amines) is 1. The van der Waals surface area contributed by atoms with E-state index >= 15 is 0 Å². The van der Waals surface area contributed by atoms with E-state index in [1.807, 2.05) is 0 Å². The van der Waals surface area contributed by atoms with E-state index in [0.717, 1.165) is 6.26 Å². The van der Waals surface area contributed by atoms with Crippen LogP contribution >= 0.6 is 27.5 Å². The van der Waals surface area contributed by atoms with Gasteiger partial charge in [-0.2, -0.15) is 0 Å². The Labute approximate surface area is 137 Å². The van der Waals surface area contributed by atoms with Crippen molar-refractivity contribution in [3.8, 4) is 0 Å². The second kappa shape index (κ2) is 6.60. The van der Waals surface area contributed by atoms with E-state index in [0.29, 0.717) is 36.0 Å². The van der Waals surface area contributed by atoms with E-state index in [4.69, 9.17) is 11.6 Å². The molecule has 0 aromatic carbocycles. The first-order chi connectivity index (χ1) is 9.76. The highest BCUT2D eigenvalue weighted by atomic mass is 79.9. The van der Waals surface area contributed by atoms with Crippen molar-refractivity contribution in [1.29, 1.82) is 0 Å². The van der Waals surface area contributed by atoms with Crippen molar-refractivity contribution < 1.29 is 13.2 Å². The van der Waals surface area contributed by atoms with Crippen LogP contribution in [0.5, 0.6) is 0 Å². The van der Waals surface area contributed by atoms with Crippen LogP contribution in [0.4, 0.5) is 0 Å². The van der Waals surface area contributed by atoms with Gasteiger partial charge >= 0.3 is 0 Å². The first-order valence-corrected chi connectivity index (χ1v) is 9.40. The lowest BCUT2D eigenvalue weighted by molar-refractivity contribution is 0.0711. The quantitative estimate of drug-likeness (QED) is 0.788. The zero-order valence-electron chi connectivity index (χ0n) is 11.3. The monoisotopic (exact) mass is 395 g/mol. The van der Waals surface area contributed by atoms with Crippen LogP contribution in [0.2, 0.25) is 5.15 Å². The maximum atomic E-state index is 12.4. The molecule has 0 spiro atoms. The molecule has 0 aliphatic carbocycles. The van der Waals surface area contributed by atoms with Crippen LogP contribution in [-0.4, -0.2) is 49.6 Å². The van der Waals surface area contributed by atoms with E-state index in [1.54, 1.807) is 11.0 Å². The van der Waals surface area contributed by atoms with Crippen LogP contribution in [0.3, 0.4) is 0 Å². The van der Waals surface area contributed by atoms with Gasteiger partial charge in [0.25, 0.3) is 5.91 Å². The molecule has 116 valence electrons. The summed E-state index contributed by atoms with van der Waals surface area (Å²) in [6, 6.07) is 1.51. The summed E-state index contributed by atoms with van der Waals surface area (Å²) < 4.78 is 25.6. The molecule has 21 heavy (non-hydrogen) atoms. The number of hydrogen-bond acceptors (Lipinski definition) is 4. The third kappa shape index (κ3) is 4.64. The second-order valence-electron chi connectivity index (χ2n) is 4.95. The molecule has 1 aliphatic heterocycles. The van der Waals surface area contributed by atoms with Gasteiger partial charge < -0.3 is 4.90 Å². The molecule has 0 bridgehead atoms. The first-order valence-electron chi connectivity index (χ1n) is 6.34. The number of nitrogens with one attached hydrogen (secondary N) is 1. The lowest BCUT2D eigenvalue weighted by Gasteiger charge is -2.32. The van der Waals surface area contributed by atoms with Crippen molar-refractivity contribution in [2.75, 3.05) is 19.3 Å². The summed E-state index contributed by atoms with van der Waals surface area (Å²) in [5.74, 6) is -0.188. The molecule has 0 atom stereocenters. The highest BCUT2D eigenvalue weighted by molar-refractivity contribution is 9.10. The Morgan fingerprint density at radius 2 is 2.10 bits per heavy atom. The van der Waals surface area contributed by atoms with Gasteiger partial charge in [-0.3, -0.25) is 4.79 Å². The summed E-state index contributed by atoms with van der Waals surface area (Å²) in [5, 5.41) is 0.166. The number of sulfonamides is 1. The Morgan fingerprint density at radius 1 is 1.48 bits per heavy atom. The minimum atomic E-state index is -3.22. The number of nitrogens with zero attached hydrogens (tertiary/aromatic N) is 2. The van der Waals surface area contributed by atoms with Gasteiger partial charge in [0.2, 0.25) is 10.0 Å². The maximum absolute atomic E-state index is 12.4. The van der Waals surface area contributed by atoms with Crippen molar-refractivity contribution in [2.24, 2.45) is 0 Å². The summed E-state index contributed by atoms with van der Waals surface area (Å²) in [4.78, 5) is 18.0. The van der Waals surface area contributed by atoms with Gasteiger partial charge in [0, 0.05) is 29.8 Å². The van der Waals surface area contributed by atoms with Gasteiger partial charge in [0.15, 0.2) is 0 Å². The van der Waals surface area contributed by atoms with Crippen LogP contribution in [-0.2, 0) is 10.0 Å². The molecule has 9 heteroatoms. The number of carbonyl (C=O) groups excluding carboxylic acids is 1. The Hall–Kier alpha value is -0.700. The molecule has 0 saturated carbocycles. The Morgan fingerprint density at radius 3 is 2.67 bits per heavy atom. The number of halogens is 2. The fraction of sp³-hybridized carbons (Fsp3) is 0.500. The van der Waals surface area contributed by atoms with Crippen molar-refractivity contribution >= 4 is 43.5 Å². The molecular formula is C12H15BrClN3O3S. The van der Waals surface area contributed by atoms with Gasteiger partial charge in [-0.05, 0) is 34.8 Å². The molecule has 2 rings (SSSR count). The summed E-state index contributed by atoms with van der Waals surface area (Å²) in [5.41, 5.74) is 0.348. The zero-order chi connectivity index (χ0) is 15.6. The maximum Gasteiger partial charge on any atom is 0.257 e. The smallest absolute Gasteiger partial charge is 0.257 e. The minimum Gasteiger partial charge on any atom is -0.338 e. The Bertz CT molecular complexity index is 645. The number of amides is 1. The van der Waals surface area contributed by atoms with Gasteiger partial charge in [0.1, 0.15) is 5.15 Å². The van der Waals surface area contributed by atoms with Crippen LogP contribution in [0.15, 0.2) is 16.7 Å². The predicted octanol–water partition coefficient (Wildman–Crippen LogP) is 1.65. The SMILES string of the molecule is CS(=O)(=O)NC1CCN(C(=O)c2cc(Br)cnc2Cl)CC1. The van der Waals surface area contributed by atoms with Crippen molar-refractivity contribution in [3.05, 3.63) is 27.5 Å². The standard InChI is InChI=1S/C12H15BrClN3O3S/c1-21(19,20)16-9-2-4-17(5-3-9)12(18)10-6-8(13)7-15-11(10)14/h6-7,9,16H,2-5H2,1H3. The van der Waals surface area contributed by atoms with Crippen LogP contribution in [0, 0.1) is 0 Å². The summed E-state index contributed by atoms with van der Waals surface area (Å²) in [6.07, 6.45) is 3.83. The Balaban J connectivity index is 2.02. The number of pyridine rings is 1. The third-order valence-corrected chi connectivity index (χ3v) is 4.70. The molecule has 1 fully saturated rings. The van der Waals surface area contributed by atoms with Crippen LogP contribution in [0.25, 0.3) is 0 Å².